The summed E-state index contributed by atoms with van der Waals surface area (Å²) in [5.41, 5.74) is 0. The van der Waals surface area contributed by atoms with E-state index in [1.54, 1.807) is 7.05 Å². The van der Waals surface area contributed by atoms with Gasteiger partial charge in [0, 0.05) is 13.1 Å². The minimum absolute atomic E-state index is 0.0667. The molecule has 1 fully saturated rings. The molecule has 4 nitrogen and oxygen atoms in total. The van der Waals surface area contributed by atoms with E-state index in [-0.39, 0.29) is 11.9 Å². The number of carbonyl (C=O) groups excluding carboxylic acids is 1. The summed E-state index contributed by atoms with van der Waals surface area (Å²) >= 11 is 0. The van der Waals surface area contributed by atoms with Gasteiger partial charge < -0.3 is 15.5 Å². The minimum Gasteiger partial charge on any atom is -0.358 e. The summed E-state index contributed by atoms with van der Waals surface area (Å²) in [6.07, 6.45) is 5.11. The van der Waals surface area contributed by atoms with Crippen LogP contribution in [0.15, 0.2) is 0 Å². The molecule has 16 heavy (non-hydrogen) atoms. The van der Waals surface area contributed by atoms with Crippen molar-refractivity contribution >= 4 is 5.91 Å². The van der Waals surface area contributed by atoms with E-state index < -0.39 is 0 Å². The van der Waals surface area contributed by atoms with Crippen LogP contribution in [-0.4, -0.2) is 50.1 Å². The largest absolute Gasteiger partial charge is 0.358 e. The highest BCUT2D eigenvalue weighted by molar-refractivity contribution is 5.80. The van der Waals surface area contributed by atoms with Crippen LogP contribution < -0.4 is 10.6 Å². The maximum Gasteiger partial charge on any atom is 0.236 e. The van der Waals surface area contributed by atoms with Crippen molar-refractivity contribution in [2.24, 2.45) is 0 Å². The van der Waals surface area contributed by atoms with Crippen molar-refractivity contribution < 1.29 is 4.79 Å². The van der Waals surface area contributed by atoms with Crippen LogP contribution in [0.2, 0.25) is 0 Å². The SMILES string of the molecule is CNC(=O)C(C)NCCC1CCCCN1C. The second-order valence-electron chi connectivity index (χ2n) is 4.71. The fourth-order valence-electron chi connectivity index (χ4n) is 2.28. The molecule has 1 aliphatic rings. The third-order valence-electron chi connectivity index (χ3n) is 3.49. The lowest BCUT2D eigenvalue weighted by Crippen LogP contribution is -2.43. The first kappa shape index (κ1) is 13.5. The van der Waals surface area contributed by atoms with Gasteiger partial charge in [0.2, 0.25) is 5.91 Å². The molecule has 2 atom stereocenters. The molecule has 0 saturated carbocycles. The summed E-state index contributed by atoms with van der Waals surface area (Å²) in [6, 6.07) is 0.608. The van der Waals surface area contributed by atoms with E-state index in [9.17, 15) is 4.79 Å². The van der Waals surface area contributed by atoms with Gasteiger partial charge in [-0.25, -0.2) is 0 Å². The number of likely N-dealkylation sites (N-methyl/N-ethyl adjacent to an activating group) is 1. The van der Waals surface area contributed by atoms with Crippen LogP contribution in [-0.2, 0) is 4.79 Å². The predicted octanol–water partition coefficient (Wildman–Crippen LogP) is 0.585. The predicted molar refractivity (Wildman–Crippen MR) is 66.4 cm³/mol. The van der Waals surface area contributed by atoms with E-state index in [4.69, 9.17) is 0 Å². The van der Waals surface area contributed by atoms with Crippen LogP contribution in [0.1, 0.15) is 32.6 Å². The average molecular weight is 227 g/mol. The number of piperidine rings is 1. The summed E-state index contributed by atoms with van der Waals surface area (Å²) in [4.78, 5) is 13.7. The standard InChI is InChI=1S/C12H25N3O/c1-10(12(16)13-2)14-8-7-11-6-4-5-9-15(11)3/h10-11,14H,4-9H2,1-3H3,(H,13,16). The van der Waals surface area contributed by atoms with E-state index in [1.807, 2.05) is 6.92 Å². The van der Waals surface area contributed by atoms with Gasteiger partial charge in [-0.2, -0.15) is 0 Å². The number of hydrogen-bond donors (Lipinski definition) is 2. The summed E-state index contributed by atoms with van der Waals surface area (Å²) in [5, 5.41) is 5.91. The molecular weight excluding hydrogens is 202 g/mol. The summed E-state index contributed by atoms with van der Waals surface area (Å²) in [5.74, 6) is 0.0667. The van der Waals surface area contributed by atoms with Crippen LogP contribution in [0.3, 0.4) is 0 Å². The topological polar surface area (TPSA) is 44.4 Å². The molecule has 1 rings (SSSR count). The molecule has 0 spiro atoms. The van der Waals surface area contributed by atoms with Crippen molar-refractivity contribution in [3.63, 3.8) is 0 Å². The normalized spacial score (nSPS) is 24.1. The number of amides is 1. The Morgan fingerprint density at radius 1 is 1.50 bits per heavy atom. The molecule has 2 N–H and O–H groups in total. The molecule has 0 aromatic heterocycles. The highest BCUT2D eigenvalue weighted by Gasteiger charge is 2.18. The Bertz CT molecular complexity index is 220. The number of hydrogen-bond acceptors (Lipinski definition) is 3. The van der Waals surface area contributed by atoms with Gasteiger partial charge in [-0.3, -0.25) is 4.79 Å². The highest BCUT2D eigenvalue weighted by atomic mass is 16.2. The molecular formula is C12H25N3O. The van der Waals surface area contributed by atoms with Crippen molar-refractivity contribution in [3.8, 4) is 0 Å². The minimum atomic E-state index is -0.0844. The summed E-state index contributed by atoms with van der Waals surface area (Å²) in [6.45, 7) is 4.04. The zero-order valence-electron chi connectivity index (χ0n) is 10.8. The van der Waals surface area contributed by atoms with Crippen molar-refractivity contribution in [1.82, 2.24) is 15.5 Å². The lowest BCUT2D eigenvalue weighted by atomic mass is 10.00. The Labute approximate surface area is 98.8 Å². The zero-order valence-corrected chi connectivity index (χ0v) is 10.8. The number of rotatable bonds is 5. The first-order chi connectivity index (χ1) is 7.65. The molecule has 0 bridgehead atoms. The number of likely N-dealkylation sites (tertiary alicyclic amines) is 1. The van der Waals surface area contributed by atoms with Gasteiger partial charge in [0.1, 0.15) is 0 Å². The first-order valence-corrected chi connectivity index (χ1v) is 6.30. The van der Waals surface area contributed by atoms with Crippen LogP contribution in [0.4, 0.5) is 0 Å². The van der Waals surface area contributed by atoms with Gasteiger partial charge in [0.05, 0.1) is 6.04 Å². The van der Waals surface area contributed by atoms with E-state index in [0.717, 1.165) is 13.0 Å². The molecule has 94 valence electrons. The van der Waals surface area contributed by atoms with Crippen molar-refractivity contribution in [1.29, 1.82) is 0 Å². The van der Waals surface area contributed by atoms with Gasteiger partial charge in [-0.1, -0.05) is 6.42 Å². The molecule has 1 aliphatic heterocycles. The lowest BCUT2D eigenvalue weighted by Gasteiger charge is -2.32. The smallest absolute Gasteiger partial charge is 0.236 e. The fourth-order valence-corrected chi connectivity index (χ4v) is 2.28. The Morgan fingerprint density at radius 2 is 2.25 bits per heavy atom. The monoisotopic (exact) mass is 227 g/mol. The van der Waals surface area contributed by atoms with Crippen LogP contribution in [0.25, 0.3) is 0 Å². The third kappa shape index (κ3) is 4.10. The van der Waals surface area contributed by atoms with Crippen molar-refractivity contribution in [2.45, 2.75) is 44.7 Å². The first-order valence-electron chi connectivity index (χ1n) is 6.30. The molecule has 4 heteroatoms. The molecule has 1 amide bonds. The van der Waals surface area contributed by atoms with Crippen LogP contribution in [0, 0.1) is 0 Å². The summed E-state index contributed by atoms with van der Waals surface area (Å²) < 4.78 is 0. The van der Waals surface area contributed by atoms with Gasteiger partial charge in [-0.05, 0) is 46.3 Å². The number of nitrogens with zero attached hydrogens (tertiary/aromatic N) is 1. The molecule has 1 heterocycles. The second-order valence-corrected chi connectivity index (χ2v) is 4.71. The van der Waals surface area contributed by atoms with E-state index in [1.165, 1.54) is 25.8 Å². The molecule has 2 unspecified atom stereocenters. The highest BCUT2D eigenvalue weighted by Crippen LogP contribution is 2.17. The van der Waals surface area contributed by atoms with E-state index in [2.05, 4.69) is 22.6 Å². The lowest BCUT2D eigenvalue weighted by molar-refractivity contribution is -0.122. The Morgan fingerprint density at radius 3 is 2.88 bits per heavy atom. The van der Waals surface area contributed by atoms with Gasteiger partial charge in [0.25, 0.3) is 0 Å². The van der Waals surface area contributed by atoms with Crippen molar-refractivity contribution in [3.05, 3.63) is 0 Å². The number of nitrogens with one attached hydrogen (secondary N) is 2. The Balaban J connectivity index is 2.16. The second kappa shape index (κ2) is 6.86. The quantitative estimate of drug-likeness (QED) is 0.722. The molecule has 0 aromatic rings. The zero-order chi connectivity index (χ0) is 12.0. The molecule has 0 radical (unpaired) electrons. The van der Waals surface area contributed by atoms with E-state index >= 15 is 0 Å². The Kier molecular flexibility index (Phi) is 5.77. The number of carbonyl (C=O) groups is 1. The Hall–Kier alpha value is -0.610. The van der Waals surface area contributed by atoms with Crippen molar-refractivity contribution in [2.75, 3.05) is 27.2 Å². The van der Waals surface area contributed by atoms with Crippen LogP contribution >= 0.6 is 0 Å². The van der Waals surface area contributed by atoms with Gasteiger partial charge in [0.15, 0.2) is 0 Å². The molecule has 1 saturated heterocycles. The maximum absolute atomic E-state index is 11.3. The summed E-state index contributed by atoms with van der Waals surface area (Å²) in [7, 11) is 3.88. The third-order valence-corrected chi connectivity index (χ3v) is 3.49. The fraction of sp³-hybridized carbons (Fsp3) is 0.917. The van der Waals surface area contributed by atoms with Gasteiger partial charge in [-0.15, -0.1) is 0 Å². The van der Waals surface area contributed by atoms with Crippen LogP contribution in [0.5, 0.6) is 0 Å². The molecule has 0 aliphatic carbocycles. The van der Waals surface area contributed by atoms with E-state index in [0.29, 0.717) is 6.04 Å². The maximum atomic E-state index is 11.3. The molecule has 0 aromatic carbocycles. The average Bonchev–Trinajstić information content (AvgIpc) is 2.30. The van der Waals surface area contributed by atoms with Gasteiger partial charge >= 0.3 is 0 Å².